The smallest absolute Gasteiger partial charge is 0.214 e. The topological polar surface area (TPSA) is 82.3 Å². The average Bonchev–Trinajstić information content (AvgIpc) is 2.20. The van der Waals surface area contributed by atoms with Crippen LogP contribution < -0.4 is 5.14 Å². The largest absolute Gasteiger partial charge is 0.374 e. The van der Waals surface area contributed by atoms with Crippen LogP contribution in [-0.2, 0) is 14.8 Å². The summed E-state index contributed by atoms with van der Waals surface area (Å²) in [5, 5.41) is 4.06. The molecule has 2 N–H and O–H groups in total. The zero-order chi connectivity index (χ0) is 12.3. The zero-order valence-electron chi connectivity index (χ0n) is 8.92. The van der Waals surface area contributed by atoms with Gasteiger partial charge in [0.15, 0.2) is 0 Å². The Bertz CT molecular complexity index is 446. The van der Waals surface area contributed by atoms with Gasteiger partial charge in [0.2, 0.25) is 10.0 Å². The molecule has 1 aromatic rings. The minimum absolute atomic E-state index is 0.324. The highest BCUT2D eigenvalue weighted by molar-refractivity contribution is 7.89. The quantitative estimate of drug-likeness (QED) is 0.845. The molecule has 90 valence electrons. The van der Waals surface area contributed by atoms with Crippen molar-refractivity contribution in [2.45, 2.75) is 18.3 Å². The second-order valence-electron chi connectivity index (χ2n) is 3.35. The molecule has 0 unspecified atom stereocenters. The average molecular weight is 248 g/mol. The van der Waals surface area contributed by atoms with Crippen LogP contribution in [0.3, 0.4) is 0 Å². The molecule has 0 amide bonds. The van der Waals surface area contributed by atoms with E-state index in [4.69, 9.17) is 9.88 Å². The molecule has 2 atom stereocenters. The molecule has 0 bridgehead atoms. The lowest BCUT2D eigenvalue weighted by atomic mass is 10.2. The normalized spacial score (nSPS) is 15.8. The highest BCUT2D eigenvalue weighted by Gasteiger charge is 2.28. The van der Waals surface area contributed by atoms with Crippen LogP contribution in [0.5, 0.6) is 0 Å². The first-order chi connectivity index (χ1) is 7.36. The van der Waals surface area contributed by atoms with E-state index in [2.05, 4.69) is 4.98 Å². The zero-order valence-corrected chi connectivity index (χ0v) is 9.74. The summed E-state index contributed by atoms with van der Waals surface area (Å²) >= 11 is 0. The summed E-state index contributed by atoms with van der Waals surface area (Å²) in [5.41, 5.74) is 0.324. The third-order valence-corrected chi connectivity index (χ3v) is 3.52. The number of rotatable bonds is 4. The summed E-state index contributed by atoms with van der Waals surface area (Å²) in [7, 11) is -2.39. The Morgan fingerprint density at radius 2 is 2.12 bits per heavy atom. The molecule has 16 heavy (non-hydrogen) atoms. The SMILES string of the molecule is CO[C@H](c1ccc(F)cn1)[C@H](C)S(N)(=O)=O. The highest BCUT2D eigenvalue weighted by atomic mass is 32.2. The van der Waals surface area contributed by atoms with Crippen LogP contribution in [0, 0.1) is 5.82 Å². The second-order valence-corrected chi connectivity index (χ2v) is 5.27. The standard InChI is InChI=1S/C9H13FN2O3S/c1-6(16(11,13)14)9(15-2)8-4-3-7(10)5-12-8/h3-6,9H,1-2H3,(H2,11,13,14)/t6-,9-/m0/s1. The Balaban J connectivity index is 3.03. The van der Waals surface area contributed by atoms with E-state index in [1.54, 1.807) is 0 Å². The van der Waals surface area contributed by atoms with Gasteiger partial charge in [-0.2, -0.15) is 0 Å². The van der Waals surface area contributed by atoms with Gasteiger partial charge in [-0.15, -0.1) is 0 Å². The van der Waals surface area contributed by atoms with E-state index in [1.165, 1.54) is 26.2 Å². The number of ether oxygens (including phenoxy) is 1. The number of nitrogens with zero attached hydrogens (tertiary/aromatic N) is 1. The van der Waals surface area contributed by atoms with E-state index in [1.807, 2.05) is 0 Å². The summed E-state index contributed by atoms with van der Waals surface area (Å²) in [5.74, 6) is -0.498. The lowest BCUT2D eigenvalue weighted by molar-refractivity contribution is 0.0986. The van der Waals surface area contributed by atoms with Crippen molar-refractivity contribution < 1.29 is 17.5 Å². The molecule has 0 saturated carbocycles. The van der Waals surface area contributed by atoms with Crippen LogP contribution in [0.25, 0.3) is 0 Å². The fourth-order valence-electron chi connectivity index (χ4n) is 1.28. The van der Waals surface area contributed by atoms with E-state index in [9.17, 15) is 12.8 Å². The Kier molecular flexibility index (Phi) is 3.95. The van der Waals surface area contributed by atoms with Crippen LogP contribution in [0.2, 0.25) is 0 Å². The van der Waals surface area contributed by atoms with E-state index in [0.717, 1.165) is 6.20 Å². The second kappa shape index (κ2) is 4.86. The van der Waals surface area contributed by atoms with Gasteiger partial charge in [0.05, 0.1) is 11.9 Å². The third-order valence-electron chi connectivity index (χ3n) is 2.24. The fourth-order valence-corrected chi connectivity index (χ4v) is 1.88. The molecule has 1 aromatic heterocycles. The Morgan fingerprint density at radius 1 is 1.50 bits per heavy atom. The van der Waals surface area contributed by atoms with Gasteiger partial charge in [-0.1, -0.05) is 0 Å². The summed E-state index contributed by atoms with van der Waals surface area (Å²) < 4.78 is 40.0. The van der Waals surface area contributed by atoms with E-state index < -0.39 is 27.2 Å². The van der Waals surface area contributed by atoms with Crippen molar-refractivity contribution in [3.63, 3.8) is 0 Å². The van der Waals surface area contributed by atoms with Gasteiger partial charge in [-0.05, 0) is 19.1 Å². The van der Waals surface area contributed by atoms with Gasteiger partial charge in [-0.25, -0.2) is 17.9 Å². The molecule has 0 aliphatic carbocycles. The summed E-state index contributed by atoms with van der Waals surface area (Å²) in [6.07, 6.45) is 0.188. The van der Waals surface area contributed by atoms with Crippen LogP contribution in [0.15, 0.2) is 18.3 Å². The molecule has 1 rings (SSSR count). The minimum Gasteiger partial charge on any atom is -0.374 e. The van der Waals surface area contributed by atoms with Gasteiger partial charge in [0, 0.05) is 7.11 Å². The molecule has 1 heterocycles. The van der Waals surface area contributed by atoms with E-state index in [-0.39, 0.29) is 0 Å². The minimum atomic E-state index is -3.73. The first-order valence-electron chi connectivity index (χ1n) is 4.52. The van der Waals surface area contributed by atoms with Crippen LogP contribution in [0.1, 0.15) is 18.7 Å². The Morgan fingerprint density at radius 3 is 2.50 bits per heavy atom. The van der Waals surface area contributed by atoms with Gasteiger partial charge in [-0.3, -0.25) is 4.98 Å². The van der Waals surface area contributed by atoms with E-state index in [0.29, 0.717) is 5.69 Å². The number of methoxy groups -OCH3 is 1. The van der Waals surface area contributed by atoms with Crippen molar-refractivity contribution in [3.8, 4) is 0 Å². The monoisotopic (exact) mass is 248 g/mol. The maximum absolute atomic E-state index is 12.6. The predicted molar refractivity (Wildman–Crippen MR) is 56.5 cm³/mol. The summed E-state index contributed by atoms with van der Waals surface area (Å²) in [4.78, 5) is 3.76. The van der Waals surface area contributed by atoms with Gasteiger partial charge < -0.3 is 4.74 Å². The van der Waals surface area contributed by atoms with Crippen LogP contribution in [0.4, 0.5) is 4.39 Å². The number of hydrogen-bond acceptors (Lipinski definition) is 4. The van der Waals surface area contributed by atoms with Crippen molar-refractivity contribution in [1.29, 1.82) is 0 Å². The van der Waals surface area contributed by atoms with Crippen molar-refractivity contribution in [2.24, 2.45) is 5.14 Å². The van der Waals surface area contributed by atoms with Gasteiger partial charge >= 0.3 is 0 Å². The number of halogens is 1. The molecular weight excluding hydrogens is 235 g/mol. The molecule has 0 aliphatic heterocycles. The predicted octanol–water partition coefficient (Wildman–Crippen LogP) is 0.585. The molecule has 5 nitrogen and oxygen atoms in total. The molecule has 0 aromatic carbocycles. The van der Waals surface area contributed by atoms with Crippen molar-refractivity contribution >= 4 is 10.0 Å². The number of primary sulfonamides is 1. The summed E-state index contributed by atoms with van der Waals surface area (Å²) in [6.45, 7) is 1.41. The Labute approximate surface area is 93.5 Å². The first kappa shape index (κ1) is 13.0. The lowest BCUT2D eigenvalue weighted by Crippen LogP contribution is -2.32. The van der Waals surface area contributed by atoms with Crippen molar-refractivity contribution in [1.82, 2.24) is 4.98 Å². The third kappa shape index (κ3) is 2.97. The molecule has 0 spiro atoms. The molecular formula is C9H13FN2O3S. The van der Waals surface area contributed by atoms with E-state index >= 15 is 0 Å². The number of pyridine rings is 1. The van der Waals surface area contributed by atoms with Gasteiger partial charge in [0.25, 0.3) is 0 Å². The van der Waals surface area contributed by atoms with Crippen LogP contribution in [-0.4, -0.2) is 25.8 Å². The van der Waals surface area contributed by atoms with Crippen molar-refractivity contribution in [2.75, 3.05) is 7.11 Å². The van der Waals surface area contributed by atoms with Crippen LogP contribution >= 0.6 is 0 Å². The highest BCUT2D eigenvalue weighted by Crippen LogP contribution is 2.22. The summed E-state index contributed by atoms with van der Waals surface area (Å²) in [6, 6.07) is 2.55. The molecule has 0 fully saturated rings. The number of sulfonamides is 1. The lowest BCUT2D eigenvalue weighted by Gasteiger charge is -2.20. The molecule has 7 heteroatoms. The molecule has 0 saturated heterocycles. The maximum Gasteiger partial charge on any atom is 0.214 e. The number of hydrogen-bond donors (Lipinski definition) is 1. The first-order valence-corrected chi connectivity index (χ1v) is 6.13. The molecule has 0 aliphatic rings. The van der Waals surface area contributed by atoms with Crippen molar-refractivity contribution in [3.05, 3.63) is 29.8 Å². The fraction of sp³-hybridized carbons (Fsp3) is 0.444. The number of nitrogens with two attached hydrogens (primary N) is 1. The number of aromatic nitrogens is 1. The maximum atomic E-state index is 12.6. The molecule has 0 radical (unpaired) electrons. The Hall–Kier alpha value is -1.05. The van der Waals surface area contributed by atoms with Gasteiger partial charge in [0.1, 0.15) is 17.2 Å².